The zero-order valence-electron chi connectivity index (χ0n) is 12.8. The first-order chi connectivity index (χ1) is 11.1. The van der Waals surface area contributed by atoms with Crippen LogP contribution in [0.25, 0.3) is 0 Å². The van der Waals surface area contributed by atoms with Crippen molar-refractivity contribution in [3.05, 3.63) is 78.1 Å². The van der Waals surface area contributed by atoms with Crippen molar-refractivity contribution in [2.24, 2.45) is 0 Å². The number of rotatable bonds is 6. The molecule has 1 unspecified atom stereocenters. The molecule has 0 aliphatic rings. The molecule has 0 aliphatic carbocycles. The van der Waals surface area contributed by atoms with E-state index in [1.54, 1.807) is 13.0 Å². The maximum atomic E-state index is 14.3. The summed E-state index contributed by atoms with van der Waals surface area (Å²) < 4.78 is 57.1. The van der Waals surface area contributed by atoms with Gasteiger partial charge < -0.3 is 9.29 Å². The Bertz CT molecular complexity index is 815. The largest absolute Gasteiger partial charge is 0.382 e. The van der Waals surface area contributed by atoms with Gasteiger partial charge in [-0.2, -0.15) is 17.2 Å². The van der Waals surface area contributed by atoms with Gasteiger partial charge in [-0.15, -0.1) is 0 Å². The predicted molar refractivity (Wildman–Crippen MR) is 84.9 cm³/mol. The Morgan fingerprint density at radius 2 is 1.67 bits per heavy atom. The summed E-state index contributed by atoms with van der Waals surface area (Å²) >= 11 is 0. The van der Waals surface area contributed by atoms with Crippen molar-refractivity contribution >= 4 is 10.1 Å². The van der Waals surface area contributed by atoms with Gasteiger partial charge >= 0.3 is 16.0 Å². The van der Waals surface area contributed by atoms with Gasteiger partial charge in [-0.3, -0.25) is 0 Å². The lowest BCUT2D eigenvalue weighted by atomic mass is 10.0. The first kappa shape index (κ1) is 18.1. The topological polar surface area (TPSA) is 63.6 Å². The summed E-state index contributed by atoms with van der Waals surface area (Å²) in [7, 11) is -4.47. The molecule has 128 valence electrons. The number of hydrogen-bond acceptors (Lipinski definition) is 4. The van der Waals surface area contributed by atoms with Crippen LogP contribution in [0.3, 0.4) is 0 Å². The number of aryl methyl sites for hydroxylation is 1. The smallest absolute Gasteiger partial charge is 0.339 e. The molecule has 24 heavy (non-hydrogen) atoms. The van der Waals surface area contributed by atoms with Crippen LogP contribution in [0, 0.1) is 6.92 Å². The van der Waals surface area contributed by atoms with E-state index in [0.717, 1.165) is 5.56 Å². The minimum Gasteiger partial charge on any atom is -0.382 e. The van der Waals surface area contributed by atoms with Gasteiger partial charge in [0, 0.05) is 0 Å². The van der Waals surface area contributed by atoms with E-state index < -0.39 is 27.9 Å². The molecule has 0 heterocycles. The Kier molecular flexibility index (Phi) is 5.05. The third-order valence-corrected chi connectivity index (χ3v) is 4.62. The molecule has 0 bridgehead atoms. The van der Waals surface area contributed by atoms with Crippen LogP contribution >= 0.6 is 0 Å². The average molecular weight is 354 g/mol. The molecule has 2 aromatic carbocycles. The van der Waals surface area contributed by atoms with Crippen LogP contribution in [0.1, 0.15) is 17.2 Å². The van der Waals surface area contributed by atoms with Crippen molar-refractivity contribution < 1.29 is 26.5 Å². The van der Waals surface area contributed by atoms with Crippen LogP contribution in [-0.2, 0) is 14.3 Å². The van der Waals surface area contributed by atoms with Crippen molar-refractivity contribution in [2.75, 3.05) is 0 Å². The molecule has 0 spiro atoms. The Morgan fingerprint density at radius 3 is 2.21 bits per heavy atom. The molecule has 7 heteroatoms. The van der Waals surface area contributed by atoms with Crippen LogP contribution in [0.2, 0.25) is 0 Å². The molecule has 2 aromatic rings. The molecule has 1 N–H and O–H groups in total. The van der Waals surface area contributed by atoms with Gasteiger partial charge in [-0.05, 0) is 24.6 Å². The summed E-state index contributed by atoms with van der Waals surface area (Å²) in [6.07, 6.45) is -2.28. The summed E-state index contributed by atoms with van der Waals surface area (Å²) in [4.78, 5) is -0.278. The van der Waals surface area contributed by atoms with Crippen LogP contribution in [0.5, 0.6) is 0 Å². The second-order valence-electron chi connectivity index (χ2n) is 5.21. The fourth-order valence-electron chi connectivity index (χ4n) is 1.94. The van der Waals surface area contributed by atoms with Gasteiger partial charge in [-0.1, -0.05) is 54.6 Å². The van der Waals surface area contributed by atoms with Crippen LogP contribution < -0.4 is 0 Å². The maximum Gasteiger partial charge on any atom is 0.339 e. The minimum absolute atomic E-state index is 0.0833. The molecular formula is C17H16F2O4S. The maximum absolute atomic E-state index is 14.3. The Balaban J connectivity index is 2.22. The van der Waals surface area contributed by atoms with Crippen molar-refractivity contribution in [1.82, 2.24) is 0 Å². The number of hydrogen-bond donors (Lipinski definition) is 1. The van der Waals surface area contributed by atoms with Gasteiger partial charge in [0.15, 0.2) is 11.9 Å². The molecule has 0 saturated heterocycles. The zero-order chi connectivity index (χ0) is 18.0. The van der Waals surface area contributed by atoms with Gasteiger partial charge in [0.1, 0.15) is 4.90 Å². The Morgan fingerprint density at radius 1 is 1.12 bits per heavy atom. The molecule has 0 radical (unpaired) electrons. The lowest BCUT2D eigenvalue weighted by Gasteiger charge is -2.24. The summed E-state index contributed by atoms with van der Waals surface area (Å²) in [5.41, 5.74) is 0.720. The average Bonchev–Trinajstić information content (AvgIpc) is 2.54. The number of alkyl halides is 2. The highest BCUT2D eigenvalue weighted by Crippen LogP contribution is 2.38. The zero-order valence-corrected chi connectivity index (χ0v) is 13.6. The lowest BCUT2D eigenvalue weighted by Crippen LogP contribution is -2.30. The van der Waals surface area contributed by atoms with Crippen molar-refractivity contribution in [1.29, 1.82) is 0 Å². The van der Waals surface area contributed by atoms with E-state index in [-0.39, 0.29) is 10.5 Å². The monoisotopic (exact) mass is 354 g/mol. The highest BCUT2D eigenvalue weighted by molar-refractivity contribution is 7.86. The second kappa shape index (κ2) is 6.70. The van der Waals surface area contributed by atoms with Crippen LogP contribution in [0.4, 0.5) is 8.78 Å². The molecule has 0 fully saturated rings. The first-order valence-electron chi connectivity index (χ1n) is 6.96. The Hall–Kier alpha value is -2.25. The molecule has 2 rings (SSSR count). The molecular weight excluding hydrogens is 338 g/mol. The van der Waals surface area contributed by atoms with Crippen LogP contribution in [-0.4, -0.2) is 19.4 Å². The third kappa shape index (κ3) is 3.80. The standard InChI is InChI=1S/C17H16F2O4S/c1-12-8-10-15(11-9-12)24(21,22)23-13(2)17(18,19)16(20)14-6-4-3-5-7-14/h3-11,16,20H,2H2,1H3. The second-order valence-corrected chi connectivity index (χ2v) is 6.76. The van der Waals surface area contributed by atoms with E-state index in [1.807, 2.05) is 0 Å². The van der Waals surface area contributed by atoms with E-state index in [2.05, 4.69) is 10.8 Å². The van der Waals surface area contributed by atoms with E-state index in [4.69, 9.17) is 0 Å². The normalized spacial score (nSPS) is 13.3. The predicted octanol–water partition coefficient (Wildman–Crippen LogP) is 3.58. The van der Waals surface area contributed by atoms with Crippen molar-refractivity contribution in [3.8, 4) is 0 Å². The summed E-state index contributed by atoms with van der Waals surface area (Å²) in [6, 6.07) is 12.6. The number of aliphatic hydroxyl groups excluding tert-OH is 1. The number of aliphatic hydroxyl groups is 1. The molecule has 0 aliphatic heterocycles. The number of halogens is 2. The number of benzene rings is 2. The molecule has 4 nitrogen and oxygen atoms in total. The van der Waals surface area contributed by atoms with Gasteiger partial charge in [0.25, 0.3) is 0 Å². The molecule has 0 saturated carbocycles. The summed E-state index contributed by atoms with van der Waals surface area (Å²) in [5, 5.41) is 9.84. The first-order valence-corrected chi connectivity index (χ1v) is 8.37. The van der Waals surface area contributed by atoms with E-state index >= 15 is 0 Å². The summed E-state index contributed by atoms with van der Waals surface area (Å²) in [5.74, 6) is -5.33. The quantitative estimate of drug-likeness (QED) is 0.636. The van der Waals surface area contributed by atoms with E-state index in [9.17, 15) is 22.3 Å². The van der Waals surface area contributed by atoms with Gasteiger partial charge in [-0.25, -0.2) is 0 Å². The van der Waals surface area contributed by atoms with Crippen LogP contribution in [0.15, 0.2) is 71.8 Å². The SMILES string of the molecule is C=C(OS(=O)(=O)c1ccc(C)cc1)C(F)(F)C(O)c1ccccc1. The Labute approximate surface area is 139 Å². The fourth-order valence-corrected chi connectivity index (χ4v) is 2.88. The van der Waals surface area contributed by atoms with Crippen molar-refractivity contribution in [2.45, 2.75) is 23.8 Å². The fraction of sp³-hybridized carbons (Fsp3) is 0.176. The van der Waals surface area contributed by atoms with Gasteiger partial charge in [0.05, 0.1) is 0 Å². The highest BCUT2D eigenvalue weighted by atomic mass is 32.2. The lowest BCUT2D eigenvalue weighted by molar-refractivity contribution is -0.0999. The van der Waals surface area contributed by atoms with Crippen molar-refractivity contribution in [3.63, 3.8) is 0 Å². The molecule has 1 atom stereocenters. The minimum atomic E-state index is -4.47. The van der Waals surface area contributed by atoms with E-state index in [1.165, 1.54) is 48.5 Å². The summed E-state index contributed by atoms with van der Waals surface area (Å²) in [6.45, 7) is 4.74. The van der Waals surface area contributed by atoms with E-state index in [0.29, 0.717) is 0 Å². The third-order valence-electron chi connectivity index (χ3n) is 3.35. The van der Waals surface area contributed by atoms with Gasteiger partial charge in [0.2, 0.25) is 0 Å². The molecule has 0 amide bonds. The highest BCUT2D eigenvalue weighted by Gasteiger charge is 2.46. The molecule has 0 aromatic heterocycles.